The fraction of sp³-hybridized carbons (Fsp3) is 0.382. The summed E-state index contributed by atoms with van der Waals surface area (Å²) in [5, 5.41) is 2.96. The van der Waals surface area contributed by atoms with E-state index >= 15 is 0 Å². The second-order valence-corrected chi connectivity index (χ2v) is 11.1. The molecule has 9 nitrogen and oxygen atoms in total. The molecule has 2 aliphatic rings. The van der Waals surface area contributed by atoms with E-state index in [0.29, 0.717) is 62.6 Å². The zero-order valence-electron chi connectivity index (χ0n) is 25.2. The smallest absolute Gasteiger partial charge is 0.253 e. The first kappa shape index (κ1) is 29.9. The highest BCUT2D eigenvalue weighted by Gasteiger charge is 2.54. The van der Waals surface area contributed by atoms with Gasteiger partial charge in [0.25, 0.3) is 11.8 Å². The summed E-state index contributed by atoms with van der Waals surface area (Å²) in [6, 6.07) is 23.3. The van der Waals surface area contributed by atoms with Crippen LogP contribution < -0.4 is 19.7 Å². The number of para-hydroxylation sites is 1. The second-order valence-electron chi connectivity index (χ2n) is 11.1. The Balaban J connectivity index is 1.23. The minimum Gasteiger partial charge on any atom is -0.493 e. The van der Waals surface area contributed by atoms with Crippen molar-refractivity contribution >= 4 is 23.4 Å². The van der Waals surface area contributed by atoms with E-state index in [0.717, 1.165) is 17.7 Å². The Kier molecular flexibility index (Phi) is 9.19. The molecule has 2 heterocycles. The molecular weight excluding hydrogens is 544 g/mol. The zero-order valence-corrected chi connectivity index (χ0v) is 25.2. The Morgan fingerprint density at radius 3 is 2.21 bits per heavy atom. The van der Waals surface area contributed by atoms with Crippen LogP contribution in [0.1, 0.15) is 41.3 Å². The van der Waals surface area contributed by atoms with Crippen molar-refractivity contribution in [1.29, 1.82) is 0 Å². The van der Waals surface area contributed by atoms with Gasteiger partial charge >= 0.3 is 0 Å². The predicted octanol–water partition coefficient (Wildman–Crippen LogP) is 3.91. The van der Waals surface area contributed by atoms with Gasteiger partial charge in [-0.05, 0) is 73.2 Å². The van der Waals surface area contributed by atoms with E-state index in [9.17, 15) is 14.4 Å². The molecule has 3 aromatic carbocycles. The number of likely N-dealkylation sites (tertiary alicyclic amines) is 1. The molecule has 1 spiro atoms. The fourth-order valence-corrected chi connectivity index (χ4v) is 6.08. The summed E-state index contributed by atoms with van der Waals surface area (Å²) in [7, 11) is 3.18. The maximum atomic E-state index is 14.0. The van der Waals surface area contributed by atoms with Gasteiger partial charge in [0.2, 0.25) is 5.91 Å². The third-order valence-corrected chi connectivity index (χ3v) is 8.59. The molecule has 0 saturated carbocycles. The Labute approximate surface area is 253 Å². The number of hydrogen-bond acceptors (Lipinski definition) is 6. The number of methoxy groups -OCH3 is 2. The summed E-state index contributed by atoms with van der Waals surface area (Å²) in [6.45, 7) is 3.75. The zero-order chi connectivity index (χ0) is 30.4. The second kappa shape index (κ2) is 13.2. The van der Waals surface area contributed by atoms with E-state index in [1.807, 2.05) is 77.7 Å². The van der Waals surface area contributed by atoms with Crippen LogP contribution in [0.2, 0.25) is 0 Å². The standard InChI is InChI=1S/C34H40N4O5/c1-4-25-10-13-27(14-11-25)32(40)36-20-17-34(18-21-36)33(41)37(24-38(34)28-8-6-5-7-9-28)23-31(39)35-19-16-26-12-15-29(42-2)30(22-26)43-3/h5-15,22H,4,16-21,23-24H2,1-3H3,(H,35,39). The molecule has 1 N–H and O–H groups in total. The summed E-state index contributed by atoms with van der Waals surface area (Å²) in [5.74, 6) is 1.01. The van der Waals surface area contributed by atoms with Crippen LogP contribution in [0.15, 0.2) is 72.8 Å². The number of nitrogens with zero attached hydrogens (tertiary/aromatic N) is 3. The SMILES string of the molecule is CCc1ccc(C(=O)N2CCC3(CC2)C(=O)N(CC(=O)NCCc2ccc(OC)c(OC)c2)CN3c2ccccc2)cc1. The quantitative estimate of drug-likeness (QED) is 0.389. The van der Waals surface area contributed by atoms with E-state index in [1.54, 1.807) is 19.1 Å². The highest BCUT2D eigenvalue weighted by Crippen LogP contribution is 2.39. The van der Waals surface area contributed by atoms with Crippen LogP contribution in [0.5, 0.6) is 11.5 Å². The van der Waals surface area contributed by atoms with Gasteiger partial charge in [-0.1, -0.05) is 43.3 Å². The minimum atomic E-state index is -0.801. The number of carbonyl (C=O) groups is 3. The Morgan fingerprint density at radius 1 is 0.884 bits per heavy atom. The lowest BCUT2D eigenvalue weighted by molar-refractivity contribution is -0.137. The molecule has 226 valence electrons. The van der Waals surface area contributed by atoms with E-state index < -0.39 is 5.54 Å². The maximum Gasteiger partial charge on any atom is 0.253 e. The lowest BCUT2D eigenvalue weighted by Gasteiger charge is -2.43. The summed E-state index contributed by atoms with van der Waals surface area (Å²) in [6.07, 6.45) is 2.53. The number of amides is 3. The third kappa shape index (κ3) is 6.30. The summed E-state index contributed by atoms with van der Waals surface area (Å²) in [4.78, 5) is 45.9. The molecule has 0 aromatic heterocycles. The number of anilines is 1. The van der Waals surface area contributed by atoms with Crippen molar-refractivity contribution in [3.63, 3.8) is 0 Å². The third-order valence-electron chi connectivity index (χ3n) is 8.59. The van der Waals surface area contributed by atoms with Crippen molar-refractivity contribution in [2.75, 3.05) is 52.0 Å². The van der Waals surface area contributed by atoms with Crippen molar-refractivity contribution in [3.8, 4) is 11.5 Å². The summed E-state index contributed by atoms with van der Waals surface area (Å²) < 4.78 is 10.7. The van der Waals surface area contributed by atoms with Crippen LogP contribution >= 0.6 is 0 Å². The lowest BCUT2D eigenvalue weighted by atomic mass is 9.85. The van der Waals surface area contributed by atoms with E-state index in [2.05, 4.69) is 17.1 Å². The molecule has 2 fully saturated rings. The topological polar surface area (TPSA) is 91.4 Å². The van der Waals surface area contributed by atoms with E-state index in [-0.39, 0.29) is 24.3 Å². The van der Waals surface area contributed by atoms with Crippen molar-refractivity contribution in [1.82, 2.24) is 15.1 Å². The van der Waals surface area contributed by atoms with Gasteiger partial charge in [-0.2, -0.15) is 0 Å². The first-order chi connectivity index (χ1) is 20.9. The molecule has 2 saturated heterocycles. The first-order valence-electron chi connectivity index (χ1n) is 14.9. The average molecular weight is 585 g/mol. The van der Waals surface area contributed by atoms with E-state index in [1.165, 1.54) is 5.56 Å². The van der Waals surface area contributed by atoms with Crippen molar-refractivity contribution in [3.05, 3.63) is 89.5 Å². The Bertz CT molecular complexity index is 1430. The molecule has 0 bridgehead atoms. The minimum absolute atomic E-state index is 0.0140. The number of aryl methyl sites for hydroxylation is 1. The van der Waals surface area contributed by atoms with Crippen LogP contribution in [0.25, 0.3) is 0 Å². The number of piperidine rings is 1. The highest BCUT2D eigenvalue weighted by molar-refractivity contribution is 5.97. The Hall–Kier alpha value is -4.53. The van der Waals surface area contributed by atoms with Crippen LogP contribution in [0, 0.1) is 0 Å². The number of nitrogens with one attached hydrogen (secondary N) is 1. The molecule has 2 aliphatic heterocycles. The molecule has 0 unspecified atom stereocenters. The van der Waals surface area contributed by atoms with E-state index in [4.69, 9.17) is 9.47 Å². The van der Waals surface area contributed by atoms with Crippen molar-refractivity contribution in [2.45, 2.75) is 38.1 Å². The average Bonchev–Trinajstić information content (AvgIpc) is 3.31. The number of carbonyl (C=O) groups excluding carboxylic acids is 3. The molecule has 0 atom stereocenters. The fourth-order valence-electron chi connectivity index (χ4n) is 6.08. The van der Waals surface area contributed by atoms with Gasteiger partial charge in [-0.15, -0.1) is 0 Å². The molecule has 43 heavy (non-hydrogen) atoms. The normalized spacial score (nSPS) is 16.0. The molecule has 5 rings (SSSR count). The molecule has 3 aromatic rings. The van der Waals surface area contributed by atoms with Gasteiger partial charge in [0.1, 0.15) is 12.1 Å². The Morgan fingerprint density at radius 2 is 1.56 bits per heavy atom. The van der Waals surface area contributed by atoms with Crippen LogP contribution in [-0.4, -0.2) is 80.1 Å². The monoisotopic (exact) mass is 584 g/mol. The first-order valence-corrected chi connectivity index (χ1v) is 14.9. The lowest BCUT2D eigenvalue weighted by Crippen LogP contribution is -2.57. The largest absolute Gasteiger partial charge is 0.493 e. The summed E-state index contributed by atoms with van der Waals surface area (Å²) in [5.41, 5.74) is 2.99. The van der Waals surface area contributed by atoms with Crippen LogP contribution in [-0.2, 0) is 22.4 Å². The number of hydrogen-bond donors (Lipinski definition) is 1. The maximum absolute atomic E-state index is 14.0. The van der Waals surface area contributed by atoms with Gasteiger partial charge in [-0.25, -0.2) is 0 Å². The molecule has 0 aliphatic carbocycles. The van der Waals surface area contributed by atoms with Crippen molar-refractivity contribution in [2.24, 2.45) is 0 Å². The molecule has 9 heteroatoms. The van der Waals surface area contributed by atoms with Gasteiger partial charge in [0.15, 0.2) is 11.5 Å². The number of rotatable bonds is 10. The van der Waals surface area contributed by atoms with Gasteiger partial charge < -0.3 is 29.5 Å². The predicted molar refractivity (Wildman–Crippen MR) is 165 cm³/mol. The number of ether oxygens (including phenoxy) is 2. The van der Waals surface area contributed by atoms with Crippen LogP contribution in [0.4, 0.5) is 5.69 Å². The number of benzene rings is 3. The van der Waals surface area contributed by atoms with Crippen molar-refractivity contribution < 1.29 is 23.9 Å². The van der Waals surface area contributed by atoms with Gasteiger partial charge in [0, 0.05) is 30.9 Å². The molecule has 3 amide bonds. The van der Waals surface area contributed by atoms with Gasteiger partial charge in [0.05, 0.1) is 20.9 Å². The highest BCUT2D eigenvalue weighted by atomic mass is 16.5. The summed E-state index contributed by atoms with van der Waals surface area (Å²) >= 11 is 0. The molecular formula is C34H40N4O5. The molecule has 0 radical (unpaired) electrons. The van der Waals surface area contributed by atoms with Gasteiger partial charge in [-0.3, -0.25) is 14.4 Å². The van der Waals surface area contributed by atoms with Crippen LogP contribution in [0.3, 0.4) is 0 Å².